The molecule has 0 radical (unpaired) electrons. The van der Waals surface area contributed by atoms with E-state index in [1.807, 2.05) is 30.3 Å². The fourth-order valence-corrected chi connectivity index (χ4v) is 3.81. The normalized spacial score (nSPS) is 10.7. The highest BCUT2D eigenvalue weighted by molar-refractivity contribution is 6.13. The molecule has 0 saturated heterocycles. The molecule has 2 heterocycles. The van der Waals surface area contributed by atoms with E-state index < -0.39 is 0 Å². The van der Waals surface area contributed by atoms with Crippen molar-refractivity contribution in [3.05, 3.63) is 102 Å². The van der Waals surface area contributed by atoms with Gasteiger partial charge in [0.2, 0.25) is 0 Å². The van der Waals surface area contributed by atoms with Crippen molar-refractivity contribution < 1.29 is 18.8 Å². The van der Waals surface area contributed by atoms with Gasteiger partial charge in [0, 0.05) is 22.5 Å². The Morgan fingerprint density at radius 3 is 2.14 bits per heavy atom. The number of fused-ring (bicyclic) bond motifs is 1. The maximum atomic E-state index is 13.3. The van der Waals surface area contributed by atoms with Crippen molar-refractivity contribution in [2.75, 3.05) is 17.7 Å². The monoisotopic (exact) mass is 478 g/mol. The van der Waals surface area contributed by atoms with Crippen molar-refractivity contribution in [3.63, 3.8) is 0 Å². The summed E-state index contributed by atoms with van der Waals surface area (Å²) in [6, 6.07) is 25.0. The Morgan fingerprint density at radius 2 is 1.47 bits per heavy atom. The SMILES string of the molecule is COc1ccc(NC(=O)c2ccc(NC(=O)c3cc(-c4ccccc4)nc4onc(C)c34)cc2)cc1. The second-order valence-electron chi connectivity index (χ2n) is 8.08. The molecule has 0 unspecified atom stereocenters. The molecule has 2 N–H and O–H groups in total. The molecule has 8 nitrogen and oxygen atoms in total. The summed E-state index contributed by atoms with van der Waals surface area (Å²) >= 11 is 0. The maximum absolute atomic E-state index is 13.3. The van der Waals surface area contributed by atoms with Gasteiger partial charge in [0.25, 0.3) is 17.5 Å². The summed E-state index contributed by atoms with van der Waals surface area (Å²) in [6.07, 6.45) is 0. The summed E-state index contributed by atoms with van der Waals surface area (Å²) in [5.41, 5.74) is 4.39. The first-order valence-corrected chi connectivity index (χ1v) is 11.2. The van der Waals surface area contributed by atoms with E-state index in [0.717, 1.165) is 5.56 Å². The number of hydrogen-bond donors (Lipinski definition) is 2. The topological polar surface area (TPSA) is 106 Å². The van der Waals surface area contributed by atoms with Crippen LogP contribution in [0.4, 0.5) is 11.4 Å². The van der Waals surface area contributed by atoms with Crippen molar-refractivity contribution >= 4 is 34.3 Å². The average Bonchev–Trinajstić information content (AvgIpc) is 3.30. The first kappa shape index (κ1) is 22.8. The molecule has 5 aromatic rings. The molecule has 36 heavy (non-hydrogen) atoms. The highest BCUT2D eigenvalue weighted by atomic mass is 16.5. The molecule has 2 amide bonds. The van der Waals surface area contributed by atoms with Gasteiger partial charge in [0.15, 0.2) is 0 Å². The molecule has 0 fully saturated rings. The molecule has 0 aliphatic carbocycles. The predicted molar refractivity (Wildman–Crippen MR) is 137 cm³/mol. The number of nitrogens with one attached hydrogen (secondary N) is 2. The van der Waals surface area contributed by atoms with Gasteiger partial charge in [-0.15, -0.1) is 0 Å². The summed E-state index contributed by atoms with van der Waals surface area (Å²) in [5, 5.41) is 10.3. The first-order valence-electron chi connectivity index (χ1n) is 11.2. The molecule has 8 heteroatoms. The van der Waals surface area contributed by atoms with E-state index in [1.54, 1.807) is 68.6 Å². The van der Waals surface area contributed by atoms with Gasteiger partial charge in [-0.3, -0.25) is 9.59 Å². The summed E-state index contributed by atoms with van der Waals surface area (Å²) in [7, 11) is 1.58. The average molecular weight is 479 g/mol. The standard InChI is InChI=1S/C28H22N4O4/c1-17-25-23(16-24(31-28(25)36-32-17)18-6-4-3-5-7-18)27(34)30-20-10-8-19(9-11-20)26(33)29-21-12-14-22(35-2)15-13-21/h3-16H,1-2H3,(H,29,33)(H,30,34). The molecule has 0 bridgehead atoms. The van der Waals surface area contributed by atoms with Crippen LogP contribution in [-0.4, -0.2) is 29.1 Å². The molecule has 3 aromatic carbocycles. The molecule has 2 aromatic heterocycles. The van der Waals surface area contributed by atoms with Gasteiger partial charge in [-0.05, 0) is 61.5 Å². The molecular weight excluding hydrogens is 456 g/mol. The van der Waals surface area contributed by atoms with Gasteiger partial charge in [-0.2, -0.15) is 0 Å². The summed E-state index contributed by atoms with van der Waals surface area (Å²) in [5.74, 6) is 0.111. The zero-order chi connectivity index (χ0) is 25.1. The molecule has 0 aliphatic heterocycles. The minimum absolute atomic E-state index is 0.263. The van der Waals surface area contributed by atoms with E-state index in [2.05, 4.69) is 20.8 Å². The lowest BCUT2D eigenvalue weighted by atomic mass is 10.0. The Labute approximate surface area is 206 Å². The third kappa shape index (κ3) is 4.65. The zero-order valence-corrected chi connectivity index (χ0v) is 19.6. The number of nitrogens with zero attached hydrogens (tertiary/aromatic N) is 2. The van der Waals surface area contributed by atoms with Crippen LogP contribution in [0.25, 0.3) is 22.4 Å². The number of aryl methyl sites for hydroxylation is 1. The Bertz CT molecular complexity index is 1540. The first-order chi connectivity index (χ1) is 17.5. The van der Waals surface area contributed by atoms with Crippen LogP contribution in [0.1, 0.15) is 26.4 Å². The quantitative estimate of drug-likeness (QED) is 0.324. The molecule has 0 atom stereocenters. The number of amides is 2. The van der Waals surface area contributed by atoms with Crippen molar-refractivity contribution in [3.8, 4) is 17.0 Å². The third-order valence-corrected chi connectivity index (χ3v) is 5.68. The van der Waals surface area contributed by atoms with Crippen LogP contribution >= 0.6 is 0 Å². The van der Waals surface area contributed by atoms with Crippen molar-refractivity contribution in [2.24, 2.45) is 0 Å². The lowest BCUT2D eigenvalue weighted by molar-refractivity contribution is 0.102. The van der Waals surface area contributed by atoms with Crippen LogP contribution < -0.4 is 15.4 Å². The van der Waals surface area contributed by atoms with Gasteiger partial charge in [-0.1, -0.05) is 35.5 Å². The van der Waals surface area contributed by atoms with E-state index in [1.165, 1.54) is 0 Å². The summed E-state index contributed by atoms with van der Waals surface area (Å²) in [4.78, 5) is 30.4. The lowest BCUT2D eigenvalue weighted by Gasteiger charge is -2.10. The van der Waals surface area contributed by atoms with Gasteiger partial charge >= 0.3 is 0 Å². The number of carbonyl (C=O) groups excluding carboxylic acids is 2. The number of ether oxygens (including phenoxy) is 1. The van der Waals surface area contributed by atoms with E-state index in [0.29, 0.717) is 50.7 Å². The summed E-state index contributed by atoms with van der Waals surface area (Å²) < 4.78 is 10.5. The van der Waals surface area contributed by atoms with Crippen molar-refractivity contribution in [2.45, 2.75) is 6.92 Å². The van der Waals surface area contributed by atoms with E-state index in [9.17, 15) is 9.59 Å². The van der Waals surface area contributed by atoms with E-state index >= 15 is 0 Å². The number of benzene rings is 3. The second-order valence-corrected chi connectivity index (χ2v) is 8.08. The number of rotatable bonds is 6. The minimum atomic E-state index is -0.332. The highest BCUT2D eigenvalue weighted by Gasteiger charge is 2.19. The Balaban J connectivity index is 1.35. The largest absolute Gasteiger partial charge is 0.497 e. The molecular formula is C28H22N4O4. The number of aromatic nitrogens is 2. The van der Waals surface area contributed by atoms with E-state index in [4.69, 9.17) is 9.26 Å². The van der Waals surface area contributed by atoms with Crippen LogP contribution in [0.5, 0.6) is 5.75 Å². The van der Waals surface area contributed by atoms with Gasteiger partial charge < -0.3 is 19.9 Å². The van der Waals surface area contributed by atoms with Gasteiger partial charge in [0.1, 0.15) is 5.75 Å². The Morgan fingerprint density at radius 1 is 0.833 bits per heavy atom. The minimum Gasteiger partial charge on any atom is -0.497 e. The molecule has 178 valence electrons. The smallest absolute Gasteiger partial charge is 0.259 e. The van der Waals surface area contributed by atoms with Crippen LogP contribution in [0.2, 0.25) is 0 Å². The lowest BCUT2D eigenvalue weighted by Crippen LogP contribution is -2.14. The second kappa shape index (κ2) is 9.71. The molecule has 0 spiro atoms. The van der Waals surface area contributed by atoms with Crippen molar-refractivity contribution in [1.82, 2.24) is 10.1 Å². The number of carbonyl (C=O) groups is 2. The Kier molecular flexibility index (Phi) is 6.15. The molecule has 0 saturated carbocycles. The summed E-state index contributed by atoms with van der Waals surface area (Å²) in [6.45, 7) is 1.77. The number of hydrogen-bond acceptors (Lipinski definition) is 6. The number of anilines is 2. The van der Waals surface area contributed by atoms with Crippen molar-refractivity contribution in [1.29, 1.82) is 0 Å². The molecule has 0 aliphatic rings. The fraction of sp³-hybridized carbons (Fsp3) is 0.0714. The third-order valence-electron chi connectivity index (χ3n) is 5.68. The fourth-order valence-electron chi connectivity index (χ4n) is 3.81. The molecule has 5 rings (SSSR count). The van der Waals surface area contributed by atoms with Gasteiger partial charge in [-0.25, -0.2) is 4.98 Å². The highest BCUT2D eigenvalue weighted by Crippen LogP contribution is 2.28. The number of methoxy groups -OCH3 is 1. The maximum Gasteiger partial charge on any atom is 0.259 e. The van der Waals surface area contributed by atoms with Crippen LogP contribution in [0.15, 0.2) is 89.5 Å². The van der Waals surface area contributed by atoms with Crippen LogP contribution in [0.3, 0.4) is 0 Å². The predicted octanol–water partition coefficient (Wildman–Crippen LogP) is 5.71. The number of pyridine rings is 1. The van der Waals surface area contributed by atoms with Gasteiger partial charge in [0.05, 0.1) is 29.4 Å². The van der Waals surface area contributed by atoms with E-state index in [-0.39, 0.29) is 11.8 Å². The van der Waals surface area contributed by atoms with Crippen LogP contribution in [0, 0.1) is 6.92 Å². The Hall–Kier alpha value is -4.98. The van der Waals surface area contributed by atoms with Crippen LogP contribution in [-0.2, 0) is 0 Å². The zero-order valence-electron chi connectivity index (χ0n) is 19.6.